The van der Waals surface area contributed by atoms with Gasteiger partial charge in [-0.15, -0.1) is 0 Å². The fraction of sp³-hybridized carbons (Fsp3) is 0.278. The number of aromatic amines is 1. The van der Waals surface area contributed by atoms with Crippen molar-refractivity contribution in [2.75, 3.05) is 13.1 Å². The molecular weight excluding hydrogens is 339 g/mol. The molecule has 128 valence electrons. The number of aliphatic imine (C=N–C) groups is 1. The van der Waals surface area contributed by atoms with Crippen LogP contribution in [0.15, 0.2) is 40.4 Å². The highest BCUT2D eigenvalue weighted by atomic mass is 32.2. The summed E-state index contributed by atoms with van der Waals surface area (Å²) in [6.45, 7) is 1.91. The molecule has 2 aliphatic heterocycles. The lowest BCUT2D eigenvalue weighted by molar-refractivity contribution is -0.113. The number of amides is 1. The number of carbonyl (C=O) groups excluding carboxylic acids is 1. The van der Waals surface area contributed by atoms with E-state index in [9.17, 15) is 9.18 Å². The molecule has 1 aromatic carbocycles. The number of carbonyl (C=O) groups is 1. The summed E-state index contributed by atoms with van der Waals surface area (Å²) in [5, 5.41) is 7.78. The number of halogens is 1. The molecule has 25 heavy (non-hydrogen) atoms. The molecule has 2 aromatic rings. The Kier molecular flexibility index (Phi) is 4.40. The van der Waals surface area contributed by atoms with Crippen LogP contribution in [0.4, 0.5) is 4.39 Å². The monoisotopic (exact) mass is 356 g/mol. The maximum absolute atomic E-state index is 13.1. The molecule has 1 fully saturated rings. The van der Waals surface area contributed by atoms with Crippen LogP contribution in [0.5, 0.6) is 0 Å². The van der Waals surface area contributed by atoms with E-state index in [2.05, 4.69) is 20.1 Å². The fourth-order valence-electron chi connectivity index (χ4n) is 3.01. The predicted molar refractivity (Wildman–Crippen MR) is 97.4 cm³/mol. The lowest BCUT2D eigenvalue weighted by Gasteiger charge is -2.27. The van der Waals surface area contributed by atoms with Crippen LogP contribution in [0.25, 0.3) is 17.3 Å². The van der Waals surface area contributed by atoms with Crippen molar-refractivity contribution in [1.29, 1.82) is 0 Å². The average molecular weight is 356 g/mol. The molecule has 0 radical (unpaired) electrons. The van der Waals surface area contributed by atoms with Gasteiger partial charge >= 0.3 is 0 Å². The normalized spacial score (nSPS) is 19.6. The average Bonchev–Trinajstić information content (AvgIpc) is 3.24. The van der Waals surface area contributed by atoms with Gasteiger partial charge in [-0.1, -0.05) is 0 Å². The Bertz CT molecular complexity index is 850. The Labute approximate surface area is 149 Å². The summed E-state index contributed by atoms with van der Waals surface area (Å²) in [6.07, 6.45) is 6.99. The summed E-state index contributed by atoms with van der Waals surface area (Å²) in [4.78, 5) is 19.2. The van der Waals surface area contributed by atoms with Crippen LogP contribution in [0.2, 0.25) is 0 Å². The number of piperidine rings is 1. The standard InChI is InChI=1S/C18H17FN4OS/c19-14-6-4-12(5-7-14)16-13(11-20-22-16)10-15-17(24)21-18(25-15)23-8-2-1-3-9-23/h4-7,10-11H,1-3,8-9H2,(H,20,22). The van der Waals surface area contributed by atoms with E-state index in [1.54, 1.807) is 24.4 Å². The number of likely N-dealkylation sites (tertiary alicyclic amines) is 1. The molecule has 1 N–H and O–H groups in total. The first kappa shape index (κ1) is 16.1. The molecular formula is C18H17FN4OS. The third-order valence-corrected chi connectivity index (χ3v) is 5.37. The first-order chi connectivity index (χ1) is 12.2. The first-order valence-corrected chi connectivity index (χ1v) is 9.09. The van der Waals surface area contributed by atoms with E-state index < -0.39 is 0 Å². The topological polar surface area (TPSA) is 61.4 Å². The minimum absolute atomic E-state index is 0.211. The summed E-state index contributed by atoms with van der Waals surface area (Å²) in [5.74, 6) is -0.499. The molecule has 7 heteroatoms. The van der Waals surface area contributed by atoms with Crippen molar-refractivity contribution >= 4 is 28.9 Å². The minimum atomic E-state index is -0.288. The van der Waals surface area contributed by atoms with Gasteiger partial charge in [0.05, 0.1) is 16.8 Å². The molecule has 1 amide bonds. The summed E-state index contributed by atoms with van der Waals surface area (Å²) in [6, 6.07) is 6.18. The number of amidine groups is 1. The molecule has 0 unspecified atom stereocenters. The van der Waals surface area contributed by atoms with Gasteiger partial charge in [-0.2, -0.15) is 10.1 Å². The molecule has 0 bridgehead atoms. The number of rotatable bonds is 2. The first-order valence-electron chi connectivity index (χ1n) is 8.27. The Hall–Kier alpha value is -2.41. The van der Waals surface area contributed by atoms with E-state index in [1.807, 2.05) is 0 Å². The van der Waals surface area contributed by atoms with Gasteiger partial charge in [0.25, 0.3) is 5.91 Å². The van der Waals surface area contributed by atoms with E-state index in [-0.39, 0.29) is 11.7 Å². The highest BCUT2D eigenvalue weighted by Crippen LogP contribution is 2.33. The number of hydrogen-bond donors (Lipinski definition) is 1. The van der Waals surface area contributed by atoms with Crippen molar-refractivity contribution in [3.8, 4) is 11.3 Å². The number of nitrogens with zero attached hydrogens (tertiary/aromatic N) is 3. The lowest BCUT2D eigenvalue weighted by atomic mass is 10.1. The van der Waals surface area contributed by atoms with E-state index in [0.717, 1.165) is 47.9 Å². The zero-order chi connectivity index (χ0) is 17.2. The van der Waals surface area contributed by atoms with Crippen LogP contribution in [0.1, 0.15) is 24.8 Å². The second-order valence-electron chi connectivity index (χ2n) is 6.07. The van der Waals surface area contributed by atoms with Gasteiger partial charge < -0.3 is 4.90 Å². The van der Waals surface area contributed by atoms with Crippen LogP contribution in [-0.2, 0) is 4.79 Å². The smallest absolute Gasteiger partial charge is 0.286 e. The quantitative estimate of drug-likeness (QED) is 0.834. The lowest BCUT2D eigenvalue weighted by Crippen LogP contribution is -2.33. The SMILES string of the molecule is O=C1N=C(N2CCCCC2)SC1=Cc1cn[nH]c1-c1ccc(F)cc1. The Morgan fingerprint density at radius 1 is 1.16 bits per heavy atom. The van der Waals surface area contributed by atoms with Crippen molar-refractivity contribution in [2.45, 2.75) is 19.3 Å². The van der Waals surface area contributed by atoms with Crippen LogP contribution < -0.4 is 0 Å². The summed E-state index contributed by atoms with van der Waals surface area (Å²) < 4.78 is 13.1. The molecule has 0 saturated carbocycles. The number of hydrogen-bond acceptors (Lipinski definition) is 4. The van der Waals surface area contributed by atoms with Crippen LogP contribution in [-0.4, -0.2) is 39.3 Å². The number of nitrogens with one attached hydrogen (secondary N) is 1. The van der Waals surface area contributed by atoms with Gasteiger partial charge in [0.15, 0.2) is 5.17 Å². The van der Waals surface area contributed by atoms with Gasteiger partial charge in [-0.25, -0.2) is 4.39 Å². The third kappa shape index (κ3) is 3.37. The molecule has 0 spiro atoms. The van der Waals surface area contributed by atoms with Crippen LogP contribution in [0, 0.1) is 5.82 Å². The molecule has 1 aromatic heterocycles. The summed E-state index contributed by atoms with van der Waals surface area (Å²) >= 11 is 1.42. The van der Waals surface area contributed by atoms with Crippen molar-refractivity contribution in [1.82, 2.24) is 15.1 Å². The highest BCUT2D eigenvalue weighted by Gasteiger charge is 2.27. The highest BCUT2D eigenvalue weighted by molar-refractivity contribution is 8.18. The maximum atomic E-state index is 13.1. The van der Waals surface area contributed by atoms with Gasteiger partial charge in [0.2, 0.25) is 0 Å². The van der Waals surface area contributed by atoms with Gasteiger partial charge in [0.1, 0.15) is 5.82 Å². The van der Waals surface area contributed by atoms with Crippen molar-refractivity contribution in [3.63, 3.8) is 0 Å². The summed E-state index contributed by atoms with van der Waals surface area (Å²) in [5.41, 5.74) is 2.36. The maximum Gasteiger partial charge on any atom is 0.286 e. The number of benzene rings is 1. The molecule has 4 rings (SSSR count). The minimum Gasteiger partial charge on any atom is -0.351 e. The van der Waals surface area contributed by atoms with Crippen LogP contribution in [0.3, 0.4) is 0 Å². The Morgan fingerprint density at radius 2 is 1.92 bits per heavy atom. The van der Waals surface area contributed by atoms with Gasteiger partial charge in [-0.3, -0.25) is 9.89 Å². The molecule has 0 atom stereocenters. The van der Waals surface area contributed by atoms with Crippen molar-refractivity contribution < 1.29 is 9.18 Å². The molecule has 3 heterocycles. The molecule has 5 nitrogen and oxygen atoms in total. The molecule has 2 aliphatic rings. The van der Waals surface area contributed by atoms with Crippen molar-refractivity contribution in [2.24, 2.45) is 4.99 Å². The van der Waals surface area contributed by atoms with E-state index in [1.165, 1.54) is 30.3 Å². The molecule has 1 saturated heterocycles. The van der Waals surface area contributed by atoms with Crippen LogP contribution >= 0.6 is 11.8 Å². The second-order valence-corrected chi connectivity index (χ2v) is 7.07. The van der Waals surface area contributed by atoms with Crippen molar-refractivity contribution in [3.05, 3.63) is 46.7 Å². The number of thioether (sulfide) groups is 1. The number of H-pyrrole nitrogens is 1. The van der Waals surface area contributed by atoms with E-state index in [0.29, 0.717) is 4.91 Å². The number of aromatic nitrogens is 2. The summed E-state index contributed by atoms with van der Waals surface area (Å²) in [7, 11) is 0. The van der Waals surface area contributed by atoms with E-state index >= 15 is 0 Å². The zero-order valence-electron chi connectivity index (χ0n) is 13.5. The Balaban J connectivity index is 1.57. The van der Waals surface area contributed by atoms with Gasteiger partial charge in [-0.05, 0) is 61.4 Å². The largest absolute Gasteiger partial charge is 0.351 e. The Morgan fingerprint density at radius 3 is 2.68 bits per heavy atom. The molecule has 0 aliphatic carbocycles. The predicted octanol–water partition coefficient (Wildman–Crippen LogP) is 3.67. The fourth-order valence-corrected chi connectivity index (χ4v) is 3.97. The third-order valence-electron chi connectivity index (χ3n) is 4.32. The van der Waals surface area contributed by atoms with E-state index in [4.69, 9.17) is 0 Å². The second kappa shape index (κ2) is 6.84. The zero-order valence-corrected chi connectivity index (χ0v) is 14.4. The van der Waals surface area contributed by atoms with Gasteiger partial charge in [0, 0.05) is 24.2 Å².